The summed E-state index contributed by atoms with van der Waals surface area (Å²) in [5.74, 6) is -1.78. The second-order valence-electron chi connectivity index (χ2n) is 12.1. The second kappa shape index (κ2) is 10.7. The van der Waals surface area contributed by atoms with Crippen LogP contribution in [0, 0.1) is 18.8 Å². The molecule has 6 heterocycles. The Labute approximate surface area is 245 Å². The van der Waals surface area contributed by atoms with Crippen LogP contribution in [-0.2, 0) is 16.6 Å². The van der Waals surface area contributed by atoms with E-state index in [0.29, 0.717) is 18.7 Å². The molecule has 6 bridgehead atoms. The van der Waals surface area contributed by atoms with Crippen molar-refractivity contribution in [2.45, 2.75) is 63.9 Å². The third-order valence-electron chi connectivity index (χ3n) is 9.89. The molecule has 42 heavy (non-hydrogen) atoms. The number of fused-ring (bicyclic) bond motifs is 2. The molecular formula is C33H38N4O5. The van der Waals surface area contributed by atoms with Gasteiger partial charge in [-0.05, 0) is 60.4 Å². The Hall–Kier alpha value is -3.98. The van der Waals surface area contributed by atoms with E-state index in [2.05, 4.69) is 64.6 Å². The molecule has 7 aliphatic rings. The normalized spacial score (nSPS) is 23.7. The zero-order chi connectivity index (χ0) is 29.8. The number of carbonyl (C=O) groups excluding carboxylic acids is 1. The molecule has 1 amide bonds. The number of piperidine rings is 1. The predicted octanol–water partition coefficient (Wildman–Crippen LogP) is 3.94. The highest BCUT2D eigenvalue weighted by molar-refractivity contribution is 5.96. The van der Waals surface area contributed by atoms with Crippen molar-refractivity contribution in [3.05, 3.63) is 82.0 Å². The lowest BCUT2D eigenvalue weighted by Gasteiger charge is -2.51. The van der Waals surface area contributed by atoms with Crippen LogP contribution >= 0.6 is 0 Å². The molecule has 2 unspecified atom stereocenters. The van der Waals surface area contributed by atoms with Crippen LogP contribution in [-0.4, -0.2) is 62.9 Å². The maximum Gasteiger partial charge on any atom is 0.322 e. The minimum absolute atomic E-state index is 0.0685. The highest BCUT2D eigenvalue weighted by Crippen LogP contribution is 2.61. The molecule has 2 aliphatic carbocycles. The monoisotopic (exact) mass is 570 g/mol. The number of allylic oxidation sites excluding steroid dienone is 6. The Morgan fingerprint density at radius 3 is 2.45 bits per heavy atom. The number of aromatic nitrogens is 2. The van der Waals surface area contributed by atoms with Gasteiger partial charge in [0.25, 0.3) is 5.91 Å². The van der Waals surface area contributed by atoms with Gasteiger partial charge in [0.2, 0.25) is 0 Å². The first-order chi connectivity index (χ1) is 20.1. The summed E-state index contributed by atoms with van der Waals surface area (Å²) in [5.41, 5.74) is 5.56. The van der Waals surface area contributed by atoms with E-state index in [9.17, 15) is 19.8 Å². The number of aromatic hydroxyl groups is 1. The average Bonchev–Trinajstić information content (AvgIpc) is 3.62. The summed E-state index contributed by atoms with van der Waals surface area (Å²) >= 11 is 0. The topological polar surface area (TPSA) is 136 Å². The van der Waals surface area contributed by atoms with Crippen LogP contribution in [0.15, 0.2) is 53.6 Å². The number of aliphatic hydroxyl groups excluding tert-OH is 1. The van der Waals surface area contributed by atoms with Crippen LogP contribution in [0.1, 0.15) is 72.2 Å². The molecule has 9 heteroatoms. The molecular weight excluding hydrogens is 532 g/mol. The van der Waals surface area contributed by atoms with Crippen molar-refractivity contribution in [2.24, 2.45) is 11.8 Å². The van der Waals surface area contributed by atoms with Gasteiger partial charge in [-0.15, -0.1) is 0 Å². The number of aliphatic hydroxyl groups is 1. The molecule has 3 atom stereocenters. The van der Waals surface area contributed by atoms with Gasteiger partial charge in [0, 0.05) is 42.4 Å². The molecule has 0 saturated carbocycles. The van der Waals surface area contributed by atoms with Crippen molar-refractivity contribution < 1.29 is 24.9 Å². The summed E-state index contributed by atoms with van der Waals surface area (Å²) in [6, 6.07) is 6.73. The van der Waals surface area contributed by atoms with Crippen molar-refractivity contribution in [2.75, 3.05) is 24.5 Å². The maximum absolute atomic E-state index is 13.0. The van der Waals surface area contributed by atoms with Crippen molar-refractivity contribution in [1.82, 2.24) is 15.3 Å². The number of nitrogens with one attached hydrogen (secondary N) is 1. The molecule has 0 radical (unpaired) electrons. The van der Waals surface area contributed by atoms with Gasteiger partial charge in [0.1, 0.15) is 12.4 Å². The molecule has 4 N–H and O–H groups in total. The molecule has 0 spiro atoms. The highest BCUT2D eigenvalue weighted by atomic mass is 16.4. The van der Waals surface area contributed by atoms with Crippen LogP contribution in [0.4, 0.5) is 5.69 Å². The van der Waals surface area contributed by atoms with Gasteiger partial charge in [0.05, 0.1) is 11.8 Å². The van der Waals surface area contributed by atoms with Crippen LogP contribution in [0.2, 0.25) is 0 Å². The van der Waals surface area contributed by atoms with Gasteiger partial charge in [-0.25, -0.2) is 9.97 Å². The van der Waals surface area contributed by atoms with Gasteiger partial charge in [0.15, 0.2) is 11.4 Å². The van der Waals surface area contributed by atoms with Crippen molar-refractivity contribution in [1.29, 1.82) is 0 Å². The predicted molar refractivity (Wildman–Crippen MR) is 159 cm³/mol. The number of amides is 1. The fraction of sp³-hybridized carbons (Fsp3) is 0.455. The number of rotatable bonds is 9. The lowest BCUT2D eigenvalue weighted by Crippen LogP contribution is -2.50. The fourth-order valence-corrected chi connectivity index (χ4v) is 7.83. The summed E-state index contributed by atoms with van der Waals surface area (Å²) in [6.07, 6.45) is 11.5. The van der Waals surface area contributed by atoms with Gasteiger partial charge < -0.3 is 25.5 Å². The van der Waals surface area contributed by atoms with Crippen molar-refractivity contribution in [3.8, 4) is 5.75 Å². The van der Waals surface area contributed by atoms with Crippen LogP contribution in [0.3, 0.4) is 0 Å². The summed E-state index contributed by atoms with van der Waals surface area (Å²) in [5, 5.41) is 32.9. The first-order valence-electron chi connectivity index (χ1n) is 14.9. The Morgan fingerprint density at radius 1 is 1.14 bits per heavy atom. The van der Waals surface area contributed by atoms with E-state index < -0.39 is 29.9 Å². The number of carbonyl (C=O) groups is 2. The minimum atomic E-state index is -1.18. The lowest BCUT2D eigenvalue weighted by molar-refractivity contribution is -0.135. The molecule has 9 nitrogen and oxygen atoms in total. The summed E-state index contributed by atoms with van der Waals surface area (Å²) in [6.45, 7) is 7.00. The van der Waals surface area contributed by atoms with E-state index in [-0.39, 0.29) is 34.9 Å². The third kappa shape index (κ3) is 4.42. The molecule has 9 rings (SSSR count). The molecule has 5 aliphatic heterocycles. The zero-order valence-corrected chi connectivity index (χ0v) is 24.3. The lowest BCUT2D eigenvalue weighted by atomic mass is 9.52. The molecule has 1 aromatic heterocycles. The number of aryl methyl sites for hydroxylation is 1. The number of carboxylic acid groups (broad SMARTS) is 1. The first-order valence-corrected chi connectivity index (χ1v) is 14.9. The highest BCUT2D eigenvalue weighted by Gasteiger charge is 2.56. The minimum Gasteiger partial charge on any atom is -0.504 e. The quantitative estimate of drug-likeness (QED) is 0.356. The van der Waals surface area contributed by atoms with Crippen LogP contribution < -0.4 is 10.2 Å². The summed E-state index contributed by atoms with van der Waals surface area (Å²) < 4.78 is 0. The van der Waals surface area contributed by atoms with Crippen molar-refractivity contribution in [3.63, 3.8) is 0 Å². The molecule has 220 valence electrons. The fourth-order valence-electron chi connectivity index (χ4n) is 7.83. The second-order valence-corrected chi connectivity index (χ2v) is 12.1. The maximum atomic E-state index is 13.0. The number of anilines is 1. The smallest absolute Gasteiger partial charge is 0.322 e. The van der Waals surface area contributed by atoms with Gasteiger partial charge in [-0.3, -0.25) is 9.59 Å². The zero-order valence-electron chi connectivity index (χ0n) is 24.3. The summed E-state index contributed by atoms with van der Waals surface area (Å²) in [4.78, 5) is 36.0. The van der Waals surface area contributed by atoms with E-state index in [4.69, 9.17) is 10.1 Å². The molecule has 2 aromatic rings. The van der Waals surface area contributed by atoms with Gasteiger partial charge in [-0.2, -0.15) is 0 Å². The van der Waals surface area contributed by atoms with Crippen molar-refractivity contribution >= 4 is 17.6 Å². The number of benzene rings is 1. The van der Waals surface area contributed by atoms with E-state index in [1.807, 2.05) is 6.92 Å². The van der Waals surface area contributed by atoms with E-state index >= 15 is 0 Å². The van der Waals surface area contributed by atoms with Gasteiger partial charge >= 0.3 is 5.97 Å². The van der Waals surface area contributed by atoms with Gasteiger partial charge in [-0.1, -0.05) is 50.3 Å². The largest absolute Gasteiger partial charge is 0.504 e. The number of hydrogen-bond acceptors (Lipinski definition) is 7. The molecule has 1 aromatic carbocycles. The number of carboxylic acids is 1. The Kier molecular flexibility index (Phi) is 7.17. The Bertz CT molecular complexity index is 1520. The molecule has 1 fully saturated rings. The van der Waals surface area contributed by atoms with E-state index in [1.54, 1.807) is 6.92 Å². The first kappa shape index (κ1) is 28.2. The standard InChI is InChI=1S/C33H38N4O5/c1-4-25(38)16-22-15-24-9-10-26(22)37-13-11-23(12-14-37)33(24,28-20-5-6-21(28)8-7-20)18(2)31-35-19(3)30(41)29(36-31)32(42)34-17-27(39)40/h5-10,15,18,23,25,28,38,41H,4,11-14,16-17H2,1-3H3,(H,34,42)(H,39,40)/t18?,25-,33?/m0/s1. The number of aliphatic carboxylic acids is 1. The van der Waals surface area contributed by atoms with Crippen LogP contribution in [0.5, 0.6) is 5.75 Å². The van der Waals surface area contributed by atoms with Crippen LogP contribution in [0.25, 0.3) is 0 Å². The number of hydrogen-bond donors (Lipinski definition) is 4. The van der Waals surface area contributed by atoms with E-state index in [1.165, 1.54) is 22.4 Å². The summed E-state index contributed by atoms with van der Waals surface area (Å²) in [7, 11) is 0. The Morgan fingerprint density at radius 2 is 1.83 bits per heavy atom. The average molecular weight is 571 g/mol. The molecule has 1 saturated heterocycles. The number of nitrogens with zero attached hydrogens (tertiary/aromatic N) is 3. The van der Waals surface area contributed by atoms with E-state index in [0.717, 1.165) is 31.5 Å². The Balaban J connectivity index is 1.55. The third-order valence-corrected chi connectivity index (χ3v) is 9.89. The SMILES string of the molecule is CC[C@H](O)Cc1cc2ccc1N1CCC(CC1)C2(C1C2=CC=C1C=C2)C(C)c1nc(C)c(O)c(C(=O)NCC(=O)O)n1.